The molecule has 0 unspecified atom stereocenters. The van der Waals surface area contributed by atoms with Gasteiger partial charge in [-0.2, -0.15) is 4.98 Å². The molecular weight excluding hydrogens is 360 g/mol. The summed E-state index contributed by atoms with van der Waals surface area (Å²) in [5.41, 5.74) is 2.38. The standard InChI is InChI=1S/C21H32N4O.ClH/c1-24(2)15-7-8-17-11-13-18(14-12-17)21-22-20(26-23-21)16-25(3)19-9-5-4-6-10-19;/h11-14,19H,4-10,15-16H2,1-3H3;1H. The monoisotopic (exact) mass is 392 g/mol. The first-order valence-corrected chi connectivity index (χ1v) is 9.88. The molecule has 0 aliphatic heterocycles. The van der Waals surface area contributed by atoms with Crippen LogP contribution in [0.3, 0.4) is 0 Å². The lowest BCUT2D eigenvalue weighted by Crippen LogP contribution is -2.32. The highest BCUT2D eigenvalue weighted by atomic mass is 35.5. The normalized spacial score (nSPS) is 15.3. The number of hydrogen-bond acceptors (Lipinski definition) is 5. The van der Waals surface area contributed by atoms with Gasteiger partial charge in [0, 0.05) is 11.6 Å². The molecule has 2 aromatic rings. The van der Waals surface area contributed by atoms with Crippen LogP contribution in [0.1, 0.15) is 50.0 Å². The third-order valence-corrected chi connectivity index (χ3v) is 5.33. The lowest BCUT2D eigenvalue weighted by atomic mass is 9.94. The minimum Gasteiger partial charge on any atom is -0.338 e. The fourth-order valence-electron chi connectivity index (χ4n) is 3.72. The molecule has 1 heterocycles. The van der Waals surface area contributed by atoms with E-state index < -0.39 is 0 Å². The summed E-state index contributed by atoms with van der Waals surface area (Å²) in [5, 5.41) is 4.18. The molecule has 1 aliphatic rings. The van der Waals surface area contributed by atoms with Crippen molar-refractivity contribution in [2.75, 3.05) is 27.7 Å². The molecule has 3 rings (SSSR count). The van der Waals surface area contributed by atoms with Crippen molar-refractivity contribution in [3.05, 3.63) is 35.7 Å². The van der Waals surface area contributed by atoms with Crippen LogP contribution >= 0.6 is 12.4 Å². The van der Waals surface area contributed by atoms with Gasteiger partial charge in [-0.1, -0.05) is 48.7 Å². The van der Waals surface area contributed by atoms with Gasteiger partial charge in [0.1, 0.15) is 0 Å². The maximum absolute atomic E-state index is 5.49. The van der Waals surface area contributed by atoms with Crippen molar-refractivity contribution in [3.8, 4) is 11.4 Å². The van der Waals surface area contributed by atoms with Crippen LogP contribution in [0.25, 0.3) is 11.4 Å². The third-order valence-electron chi connectivity index (χ3n) is 5.33. The van der Waals surface area contributed by atoms with Crippen molar-refractivity contribution in [2.45, 2.75) is 57.5 Å². The van der Waals surface area contributed by atoms with Gasteiger partial charge in [0.05, 0.1) is 6.54 Å². The summed E-state index contributed by atoms with van der Waals surface area (Å²) in [6.07, 6.45) is 8.89. The summed E-state index contributed by atoms with van der Waals surface area (Å²) >= 11 is 0. The molecule has 0 radical (unpaired) electrons. The van der Waals surface area contributed by atoms with Gasteiger partial charge in [0.25, 0.3) is 0 Å². The van der Waals surface area contributed by atoms with E-state index in [0.29, 0.717) is 17.8 Å². The first-order chi connectivity index (χ1) is 12.6. The average molecular weight is 393 g/mol. The molecule has 1 aliphatic carbocycles. The van der Waals surface area contributed by atoms with Gasteiger partial charge < -0.3 is 9.42 Å². The van der Waals surface area contributed by atoms with Crippen molar-refractivity contribution in [3.63, 3.8) is 0 Å². The van der Waals surface area contributed by atoms with Crippen molar-refractivity contribution in [1.82, 2.24) is 19.9 Å². The molecule has 1 saturated carbocycles. The Morgan fingerprint density at radius 3 is 2.41 bits per heavy atom. The highest BCUT2D eigenvalue weighted by Gasteiger charge is 2.20. The van der Waals surface area contributed by atoms with Crippen LogP contribution < -0.4 is 0 Å². The zero-order valence-electron chi connectivity index (χ0n) is 16.9. The van der Waals surface area contributed by atoms with Crippen LogP contribution in [0.15, 0.2) is 28.8 Å². The van der Waals surface area contributed by atoms with Crippen LogP contribution in [0, 0.1) is 0 Å². The molecule has 1 fully saturated rings. The fourth-order valence-corrected chi connectivity index (χ4v) is 3.72. The Morgan fingerprint density at radius 1 is 1.04 bits per heavy atom. The quantitative estimate of drug-likeness (QED) is 0.665. The van der Waals surface area contributed by atoms with Crippen LogP contribution in [0.5, 0.6) is 0 Å². The predicted octanol–water partition coefficient (Wildman–Crippen LogP) is 4.42. The van der Waals surface area contributed by atoms with Crippen LogP contribution in [0.4, 0.5) is 0 Å². The summed E-state index contributed by atoms with van der Waals surface area (Å²) in [4.78, 5) is 9.19. The van der Waals surface area contributed by atoms with Crippen molar-refractivity contribution >= 4 is 12.4 Å². The van der Waals surface area contributed by atoms with E-state index in [9.17, 15) is 0 Å². The Bertz CT molecular complexity index is 665. The minimum absolute atomic E-state index is 0. The number of nitrogens with zero attached hydrogens (tertiary/aromatic N) is 4. The SMILES string of the molecule is CN(C)CCCc1ccc(-c2noc(CN(C)C3CCCCC3)n2)cc1.Cl. The van der Waals surface area contributed by atoms with Gasteiger partial charge in [-0.15, -0.1) is 12.4 Å². The van der Waals surface area contributed by atoms with E-state index in [-0.39, 0.29) is 12.4 Å². The Morgan fingerprint density at radius 2 is 1.74 bits per heavy atom. The fraction of sp³-hybridized carbons (Fsp3) is 0.619. The first-order valence-electron chi connectivity index (χ1n) is 9.88. The molecule has 27 heavy (non-hydrogen) atoms. The molecule has 1 aromatic carbocycles. The van der Waals surface area contributed by atoms with E-state index >= 15 is 0 Å². The Labute approximate surface area is 169 Å². The van der Waals surface area contributed by atoms with Crippen LogP contribution in [0.2, 0.25) is 0 Å². The summed E-state index contributed by atoms with van der Waals surface area (Å²) in [5.74, 6) is 1.40. The van der Waals surface area contributed by atoms with Gasteiger partial charge in [0.2, 0.25) is 11.7 Å². The largest absolute Gasteiger partial charge is 0.338 e. The first kappa shape index (κ1) is 21.9. The topological polar surface area (TPSA) is 45.4 Å². The Balaban J connectivity index is 0.00000261. The lowest BCUT2D eigenvalue weighted by Gasteiger charge is -2.29. The molecule has 5 nitrogen and oxygen atoms in total. The predicted molar refractivity (Wildman–Crippen MR) is 112 cm³/mol. The van der Waals surface area contributed by atoms with Crippen molar-refractivity contribution in [2.24, 2.45) is 0 Å². The van der Waals surface area contributed by atoms with Gasteiger partial charge >= 0.3 is 0 Å². The Kier molecular flexibility index (Phi) is 8.74. The minimum atomic E-state index is 0. The molecule has 150 valence electrons. The summed E-state index contributed by atoms with van der Waals surface area (Å²) in [6.45, 7) is 1.85. The van der Waals surface area contributed by atoms with Crippen LogP contribution in [-0.4, -0.2) is 53.7 Å². The highest BCUT2D eigenvalue weighted by molar-refractivity contribution is 5.85. The van der Waals surface area contributed by atoms with E-state index in [0.717, 1.165) is 25.1 Å². The second-order valence-corrected chi connectivity index (χ2v) is 7.82. The molecule has 0 saturated heterocycles. The third kappa shape index (κ3) is 6.59. The van der Waals surface area contributed by atoms with Gasteiger partial charge in [-0.3, -0.25) is 4.90 Å². The molecule has 0 spiro atoms. The second kappa shape index (κ2) is 10.8. The molecule has 6 heteroatoms. The van der Waals surface area contributed by atoms with Gasteiger partial charge in [-0.05, 0) is 58.9 Å². The maximum Gasteiger partial charge on any atom is 0.241 e. The van der Waals surface area contributed by atoms with Gasteiger partial charge in [-0.25, -0.2) is 0 Å². The Hall–Kier alpha value is -1.43. The zero-order valence-corrected chi connectivity index (χ0v) is 17.7. The van der Waals surface area contributed by atoms with E-state index in [1.54, 1.807) is 0 Å². The van der Waals surface area contributed by atoms with E-state index in [1.165, 1.54) is 44.1 Å². The maximum atomic E-state index is 5.49. The molecule has 1 aromatic heterocycles. The summed E-state index contributed by atoms with van der Waals surface area (Å²) in [7, 11) is 6.40. The van der Waals surface area contributed by atoms with Crippen LogP contribution in [-0.2, 0) is 13.0 Å². The smallest absolute Gasteiger partial charge is 0.241 e. The lowest BCUT2D eigenvalue weighted by molar-refractivity contribution is 0.165. The number of benzene rings is 1. The number of rotatable bonds is 8. The number of aryl methyl sites for hydroxylation is 1. The van der Waals surface area contributed by atoms with Gasteiger partial charge in [0.15, 0.2) is 0 Å². The molecule has 0 N–H and O–H groups in total. The van der Waals surface area contributed by atoms with E-state index in [2.05, 4.69) is 65.3 Å². The number of aromatic nitrogens is 2. The molecule has 0 atom stereocenters. The zero-order chi connectivity index (χ0) is 18.4. The number of halogens is 1. The van der Waals surface area contributed by atoms with Crippen molar-refractivity contribution in [1.29, 1.82) is 0 Å². The summed E-state index contributed by atoms with van der Waals surface area (Å²) < 4.78 is 5.49. The highest BCUT2D eigenvalue weighted by Crippen LogP contribution is 2.23. The molecular formula is C21H33ClN4O. The molecule has 0 bridgehead atoms. The van der Waals surface area contributed by atoms with E-state index in [4.69, 9.17) is 4.52 Å². The number of hydrogen-bond donors (Lipinski definition) is 0. The van der Waals surface area contributed by atoms with Crippen molar-refractivity contribution < 1.29 is 4.52 Å². The average Bonchev–Trinajstić information content (AvgIpc) is 3.11. The van der Waals surface area contributed by atoms with E-state index in [1.807, 2.05) is 0 Å². The second-order valence-electron chi connectivity index (χ2n) is 7.82. The molecule has 0 amide bonds. The summed E-state index contributed by atoms with van der Waals surface area (Å²) in [6, 6.07) is 9.21.